The molecule has 36 heavy (non-hydrogen) atoms. The number of piperidine rings is 1. The van der Waals surface area contributed by atoms with E-state index >= 15 is 0 Å². The number of carbonyl (C=O) groups excluding carboxylic acids is 1. The molecule has 1 N–H and O–H groups in total. The Morgan fingerprint density at radius 2 is 1.69 bits per heavy atom. The van der Waals surface area contributed by atoms with E-state index in [-0.39, 0.29) is 16.7 Å². The predicted octanol–water partition coefficient (Wildman–Crippen LogP) is 4.68. The first-order chi connectivity index (χ1) is 17.5. The molecule has 186 valence electrons. The fourth-order valence-electron chi connectivity index (χ4n) is 4.83. The minimum Gasteiger partial charge on any atom is -0.338 e. The topological polar surface area (TPSA) is 86.4 Å². The molecule has 2 heterocycles. The number of nitrogens with zero attached hydrogens (tertiary/aromatic N) is 3. The molecule has 0 aliphatic carbocycles. The molecular formula is C28H30N4O3S. The van der Waals surface area contributed by atoms with E-state index < -0.39 is 10.0 Å². The zero-order chi connectivity index (χ0) is 25.1. The standard InChI is InChI=1S/C28H30N4O3S/c1-2-31(20-21-8-10-23(11-9-21)22-6-4-3-5-7-22)28(33)24-14-16-32(17-15-24)36(34,35)26-13-12-25-19-29-30-27(25)18-26/h3-13,18-19,24H,2,14-17,20H2,1H3,(H,29,30). The summed E-state index contributed by atoms with van der Waals surface area (Å²) in [6, 6.07) is 23.5. The van der Waals surface area contributed by atoms with Gasteiger partial charge in [-0.15, -0.1) is 0 Å². The molecule has 1 aliphatic heterocycles. The van der Waals surface area contributed by atoms with E-state index in [9.17, 15) is 13.2 Å². The zero-order valence-electron chi connectivity index (χ0n) is 20.3. The van der Waals surface area contributed by atoms with Crippen LogP contribution >= 0.6 is 0 Å². The molecule has 1 aromatic heterocycles. The summed E-state index contributed by atoms with van der Waals surface area (Å²) in [5, 5.41) is 7.66. The van der Waals surface area contributed by atoms with Gasteiger partial charge in [-0.05, 0) is 54.7 Å². The highest BCUT2D eigenvalue weighted by molar-refractivity contribution is 7.89. The molecule has 0 saturated carbocycles. The van der Waals surface area contributed by atoms with Crippen LogP contribution in [0.1, 0.15) is 25.3 Å². The maximum Gasteiger partial charge on any atom is 0.243 e. The van der Waals surface area contributed by atoms with Crippen molar-refractivity contribution in [3.05, 3.63) is 84.6 Å². The van der Waals surface area contributed by atoms with Gasteiger partial charge in [-0.2, -0.15) is 9.40 Å². The summed E-state index contributed by atoms with van der Waals surface area (Å²) in [5.41, 5.74) is 4.09. The van der Waals surface area contributed by atoms with Gasteiger partial charge in [0.25, 0.3) is 0 Å². The minimum absolute atomic E-state index is 0.0977. The summed E-state index contributed by atoms with van der Waals surface area (Å²) >= 11 is 0. The molecule has 7 nitrogen and oxygen atoms in total. The van der Waals surface area contributed by atoms with Crippen LogP contribution in [-0.4, -0.2) is 53.4 Å². The molecule has 1 fully saturated rings. The van der Waals surface area contributed by atoms with Crippen molar-refractivity contribution >= 4 is 26.8 Å². The maximum absolute atomic E-state index is 13.3. The number of nitrogens with one attached hydrogen (secondary N) is 1. The smallest absolute Gasteiger partial charge is 0.243 e. The first kappa shape index (κ1) is 24.2. The first-order valence-corrected chi connectivity index (χ1v) is 13.8. The Morgan fingerprint density at radius 3 is 2.39 bits per heavy atom. The van der Waals surface area contributed by atoms with Crippen molar-refractivity contribution in [2.75, 3.05) is 19.6 Å². The zero-order valence-corrected chi connectivity index (χ0v) is 21.1. The Bertz CT molecular complexity index is 1440. The average molecular weight is 503 g/mol. The van der Waals surface area contributed by atoms with Gasteiger partial charge in [-0.1, -0.05) is 54.6 Å². The van der Waals surface area contributed by atoms with Crippen LogP contribution in [0.3, 0.4) is 0 Å². The van der Waals surface area contributed by atoms with Gasteiger partial charge in [0.05, 0.1) is 16.6 Å². The van der Waals surface area contributed by atoms with Gasteiger partial charge in [-0.3, -0.25) is 9.89 Å². The lowest BCUT2D eigenvalue weighted by Crippen LogP contribution is -2.44. The Kier molecular flexibility index (Phi) is 6.89. The number of H-pyrrole nitrogens is 1. The van der Waals surface area contributed by atoms with Crippen LogP contribution < -0.4 is 0 Å². The van der Waals surface area contributed by atoms with Crippen LogP contribution in [0.4, 0.5) is 0 Å². The highest BCUT2D eigenvalue weighted by Crippen LogP contribution is 2.27. The third kappa shape index (κ3) is 4.92. The van der Waals surface area contributed by atoms with E-state index in [0.29, 0.717) is 44.5 Å². The van der Waals surface area contributed by atoms with Gasteiger partial charge in [-0.25, -0.2) is 8.42 Å². The lowest BCUT2D eigenvalue weighted by atomic mass is 9.96. The molecule has 1 amide bonds. The summed E-state index contributed by atoms with van der Waals surface area (Å²) in [6.45, 7) is 3.82. The summed E-state index contributed by atoms with van der Waals surface area (Å²) in [7, 11) is -3.62. The summed E-state index contributed by atoms with van der Waals surface area (Å²) in [6.07, 6.45) is 2.71. The molecule has 0 unspecified atom stereocenters. The van der Waals surface area contributed by atoms with Crippen molar-refractivity contribution in [3.8, 4) is 11.1 Å². The van der Waals surface area contributed by atoms with E-state index in [1.54, 1.807) is 24.4 Å². The normalized spacial score (nSPS) is 15.2. The average Bonchev–Trinajstić information content (AvgIpc) is 3.40. The molecule has 1 saturated heterocycles. The van der Waals surface area contributed by atoms with E-state index in [1.165, 1.54) is 9.87 Å². The van der Waals surface area contributed by atoms with Crippen molar-refractivity contribution in [2.24, 2.45) is 5.92 Å². The minimum atomic E-state index is -3.62. The van der Waals surface area contributed by atoms with E-state index in [2.05, 4.69) is 46.6 Å². The molecule has 3 aromatic carbocycles. The third-order valence-corrected chi connectivity index (χ3v) is 8.88. The second-order valence-electron chi connectivity index (χ2n) is 9.21. The van der Waals surface area contributed by atoms with Crippen LogP contribution in [0.25, 0.3) is 22.0 Å². The number of aromatic nitrogens is 2. The predicted molar refractivity (Wildman–Crippen MR) is 141 cm³/mol. The second-order valence-corrected chi connectivity index (χ2v) is 11.2. The maximum atomic E-state index is 13.3. The first-order valence-electron chi connectivity index (χ1n) is 12.3. The fraction of sp³-hybridized carbons (Fsp3) is 0.286. The molecule has 8 heteroatoms. The molecule has 1 aliphatic rings. The number of carbonyl (C=O) groups is 1. The number of sulfonamides is 1. The van der Waals surface area contributed by atoms with Gasteiger partial charge in [0.2, 0.25) is 15.9 Å². The summed E-state index contributed by atoms with van der Waals surface area (Å²) in [4.78, 5) is 15.4. The van der Waals surface area contributed by atoms with Gasteiger partial charge in [0.15, 0.2) is 0 Å². The van der Waals surface area contributed by atoms with Gasteiger partial charge < -0.3 is 4.90 Å². The lowest BCUT2D eigenvalue weighted by molar-refractivity contribution is -0.137. The lowest BCUT2D eigenvalue weighted by Gasteiger charge is -2.33. The Morgan fingerprint density at radius 1 is 1.00 bits per heavy atom. The molecule has 0 spiro atoms. The largest absolute Gasteiger partial charge is 0.338 e. The highest BCUT2D eigenvalue weighted by atomic mass is 32.2. The van der Waals surface area contributed by atoms with Crippen molar-refractivity contribution in [1.29, 1.82) is 0 Å². The van der Waals surface area contributed by atoms with Crippen molar-refractivity contribution in [3.63, 3.8) is 0 Å². The van der Waals surface area contributed by atoms with E-state index in [4.69, 9.17) is 0 Å². The Balaban J connectivity index is 1.21. The van der Waals surface area contributed by atoms with Gasteiger partial charge in [0.1, 0.15) is 0 Å². The second kappa shape index (κ2) is 10.2. The van der Waals surface area contributed by atoms with Crippen LogP contribution in [0.2, 0.25) is 0 Å². The van der Waals surface area contributed by atoms with Crippen molar-refractivity contribution in [2.45, 2.75) is 31.2 Å². The van der Waals surface area contributed by atoms with Crippen LogP contribution in [0.5, 0.6) is 0 Å². The number of hydrogen-bond acceptors (Lipinski definition) is 4. The molecule has 4 aromatic rings. The molecule has 0 bridgehead atoms. The SMILES string of the molecule is CCN(Cc1ccc(-c2ccccc2)cc1)C(=O)C1CCN(S(=O)(=O)c2ccc3cn[nH]c3c2)CC1. The summed E-state index contributed by atoms with van der Waals surface area (Å²) < 4.78 is 27.9. The summed E-state index contributed by atoms with van der Waals surface area (Å²) in [5.74, 6) is -0.0735. The highest BCUT2D eigenvalue weighted by Gasteiger charge is 2.33. The van der Waals surface area contributed by atoms with Crippen LogP contribution in [-0.2, 0) is 21.4 Å². The molecule has 0 radical (unpaired) electrons. The number of aromatic amines is 1. The van der Waals surface area contributed by atoms with Crippen molar-refractivity contribution < 1.29 is 13.2 Å². The number of fused-ring (bicyclic) bond motifs is 1. The van der Waals surface area contributed by atoms with Crippen molar-refractivity contribution in [1.82, 2.24) is 19.4 Å². The Labute approximate surface area is 211 Å². The number of rotatable bonds is 7. The molecule has 5 rings (SSSR count). The molecule has 0 atom stereocenters. The third-order valence-electron chi connectivity index (χ3n) is 6.98. The van der Waals surface area contributed by atoms with E-state index in [0.717, 1.165) is 16.5 Å². The van der Waals surface area contributed by atoms with Gasteiger partial charge >= 0.3 is 0 Å². The Hall–Kier alpha value is -3.49. The van der Waals surface area contributed by atoms with Crippen LogP contribution in [0, 0.1) is 5.92 Å². The number of benzene rings is 3. The molecular weight excluding hydrogens is 472 g/mol. The number of hydrogen-bond donors (Lipinski definition) is 1. The number of amides is 1. The van der Waals surface area contributed by atoms with E-state index in [1.807, 2.05) is 30.0 Å². The monoisotopic (exact) mass is 502 g/mol. The van der Waals surface area contributed by atoms with Crippen LogP contribution in [0.15, 0.2) is 83.9 Å². The fourth-order valence-corrected chi connectivity index (χ4v) is 6.32. The van der Waals surface area contributed by atoms with Gasteiger partial charge in [0, 0.05) is 37.5 Å². The quantitative estimate of drug-likeness (QED) is 0.398.